The van der Waals surface area contributed by atoms with Gasteiger partial charge in [-0.3, -0.25) is 19.7 Å². The molecule has 2 aliphatic rings. The lowest BCUT2D eigenvalue weighted by Crippen LogP contribution is -2.48. The van der Waals surface area contributed by atoms with Crippen molar-refractivity contribution in [3.05, 3.63) is 23.3 Å². The second-order valence-electron chi connectivity index (χ2n) is 6.95. The molecule has 2 N–H and O–H groups in total. The minimum atomic E-state index is -0.785. The second kappa shape index (κ2) is 12.2. The number of nitrogens with zero attached hydrogens (tertiary/aromatic N) is 3. The fourth-order valence-electron chi connectivity index (χ4n) is 3.29. The summed E-state index contributed by atoms with van der Waals surface area (Å²) in [5.74, 6) is 0.855. The average molecular weight is 455 g/mol. The number of carboxylic acids is 1. The Bertz CT molecular complexity index is 751. The normalized spacial score (nSPS) is 21.5. The van der Waals surface area contributed by atoms with E-state index >= 15 is 0 Å². The maximum Gasteiger partial charge on any atom is 0.337 e. The Morgan fingerprint density at radius 1 is 1.57 bits per heavy atom. The van der Waals surface area contributed by atoms with E-state index in [0.717, 1.165) is 23.7 Å². The molecule has 166 valence electrons. The first kappa shape index (κ1) is 24.5. The molecule has 2 atom stereocenters. The highest BCUT2D eigenvalue weighted by molar-refractivity contribution is 8.18. The maximum atomic E-state index is 12.5. The van der Waals surface area contributed by atoms with Crippen LogP contribution in [0.4, 0.5) is 0 Å². The first-order valence-corrected chi connectivity index (χ1v) is 11.9. The number of aliphatic imine (C=N–C) groups is 2. The van der Waals surface area contributed by atoms with Crippen molar-refractivity contribution in [1.82, 2.24) is 10.2 Å². The fourth-order valence-corrected chi connectivity index (χ4v) is 4.93. The minimum Gasteiger partial charge on any atom is -0.481 e. The highest BCUT2D eigenvalue weighted by Crippen LogP contribution is 2.24. The summed E-state index contributed by atoms with van der Waals surface area (Å²) in [7, 11) is 1.69. The van der Waals surface area contributed by atoms with Crippen molar-refractivity contribution in [1.29, 1.82) is 0 Å². The predicted octanol–water partition coefficient (Wildman–Crippen LogP) is 2.24. The van der Waals surface area contributed by atoms with E-state index in [0.29, 0.717) is 36.0 Å². The summed E-state index contributed by atoms with van der Waals surface area (Å²) in [5.41, 5.74) is 1.24. The summed E-state index contributed by atoms with van der Waals surface area (Å²) < 4.78 is 5.24. The van der Waals surface area contributed by atoms with E-state index in [1.807, 2.05) is 11.8 Å². The molecule has 0 aromatic carbocycles. The first-order chi connectivity index (χ1) is 14.4. The Morgan fingerprint density at radius 2 is 2.33 bits per heavy atom. The summed E-state index contributed by atoms with van der Waals surface area (Å²) in [6.45, 7) is 9.07. The van der Waals surface area contributed by atoms with Gasteiger partial charge >= 0.3 is 11.9 Å². The number of hydrogen-bond donors (Lipinski definition) is 2. The molecule has 0 aromatic rings. The highest BCUT2D eigenvalue weighted by atomic mass is 32.2. The smallest absolute Gasteiger partial charge is 0.337 e. The van der Waals surface area contributed by atoms with Gasteiger partial charge in [-0.15, -0.1) is 0 Å². The third kappa shape index (κ3) is 6.61. The molecular weight excluding hydrogens is 424 g/mol. The number of carboxylic acid groups (broad SMARTS) is 1. The molecule has 0 amide bonds. The van der Waals surface area contributed by atoms with E-state index in [-0.39, 0.29) is 18.6 Å². The van der Waals surface area contributed by atoms with Gasteiger partial charge in [-0.1, -0.05) is 25.3 Å². The van der Waals surface area contributed by atoms with Crippen LogP contribution in [-0.4, -0.2) is 83.7 Å². The summed E-state index contributed by atoms with van der Waals surface area (Å²) in [5, 5.41) is 15.0. The molecule has 0 aromatic heterocycles. The van der Waals surface area contributed by atoms with Crippen molar-refractivity contribution >= 4 is 46.3 Å². The quantitative estimate of drug-likeness (QED) is 0.311. The molecule has 0 saturated carbocycles. The van der Waals surface area contributed by atoms with Crippen LogP contribution >= 0.6 is 23.5 Å². The summed E-state index contributed by atoms with van der Waals surface area (Å²) >= 11 is 3.20. The molecule has 0 spiro atoms. The Hall–Kier alpha value is -1.78. The number of esters is 1. The highest BCUT2D eigenvalue weighted by Gasteiger charge is 2.30. The second-order valence-corrected chi connectivity index (χ2v) is 9.06. The zero-order chi connectivity index (χ0) is 22.1. The Labute approximate surface area is 186 Å². The third-order valence-corrected chi connectivity index (χ3v) is 6.77. The van der Waals surface area contributed by atoms with Gasteiger partial charge in [-0.05, 0) is 18.8 Å². The molecule has 2 rings (SSSR count). The minimum absolute atomic E-state index is 0.122. The monoisotopic (exact) mass is 454 g/mol. The fraction of sp³-hybridized carbons (Fsp3) is 0.600. The van der Waals surface area contributed by atoms with Crippen LogP contribution in [0.2, 0.25) is 0 Å². The molecule has 10 heteroatoms. The van der Waals surface area contributed by atoms with E-state index in [2.05, 4.69) is 26.8 Å². The van der Waals surface area contributed by atoms with Crippen molar-refractivity contribution in [3.8, 4) is 0 Å². The summed E-state index contributed by atoms with van der Waals surface area (Å²) in [6.07, 6.45) is 0.569. The number of ether oxygens (including phenoxy) is 1. The van der Waals surface area contributed by atoms with Crippen LogP contribution in [0, 0.1) is 5.92 Å². The number of hydrogen-bond acceptors (Lipinski definition) is 9. The molecule has 0 aliphatic carbocycles. The van der Waals surface area contributed by atoms with Crippen LogP contribution < -0.4 is 5.32 Å². The van der Waals surface area contributed by atoms with E-state index in [1.165, 1.54) is 11.8 Å². The number of amidine groups is 1. The third-order valence-electron chi connectivity index (χ3n) is 4.91. The zero-order valence-corrected chi connectivity index (χ0v) is 19.4. The van der Waals surface area contributed by atoms with Gasteiger partial charge in [0.05, 0.1) is 24.6 Å². The lowest BCUT2D eigenvalue weighted by Gasteiger charge is -2.37. The number of carbonyl (C=O) groups excluding carboxylic acids is 1. The van der Waals surface area contributed by atoms with Gasteiger partial charge in [0, 0.05) is 43.4 Å². The summed E-state index contributed by atoms with van der Waals surface area (Å²) in [4.78, 5) is 34.9. The SMILES string of the molecule is C=CSC(=NC)C1=NCC(C(=O)OCC)=C(CN2CCSCC2CC(C)C(=O)O)N1. The van der Waals surface area contributed by atoms with Crippen LogP contribution in [0.1, 0.15) is 20.3 Å². The topological polar surface area (TPSA) is 104 Å². The molecular formula is C20H30N4O4S2. The number of carbonyl (C=O) groups is 2. The largest absolute Gasteiger partial charge is 0.481 e. The van der Waals surface area contributed by atoms with E-state index < -0.39 is 11.9 Å². The van der Waals surface area contributed by atoms with Crippen LogP contribution in [-0.2, 0) is 14.3 Å². The number of thioether (sulfide) groups is 2. The summed E-state index contributed by atoms with van der Waals surface area (Å²) in [6, 6.07) is 0.122. The standard InChI is InChI=1S/C20H30N4O4S2/c1-5-28-20(27)15-10-22-17(18(21-4)30-6-2)23-16(15)11-24-7-8-29-12-14(24)9-13(3)19(25)26/h6,13-14H,2,5,7-12H2,1,3-4H3,(H,22,23)(H,25,26). The molecule has 30 heavy (non-hydrogen) atoms. The van der Waals surface area contributed by atoms with Crippen LogP contribution in [0.25, 0.3) is 0 Å². The van der Waals surface area contributed by atoms with Crippen molar-refractivity contribution < 1.29 is 19.4 Å². The van der Waals surface area contributed by atoms with Crippen LogP contribution in [0.3, 0.4) is 0 Å². The Morgan fingerprint density at radius 3 is 2.97 bits per heavy atom. The average Bonchev–Trinajstić information content (AvgIpc) is 2.73. The number of aliphatic carboxylic acids is 1. The molecule has 0 bridgehead atoms. The van der Waals surface area contributed by atoms with Crippen LogP contribution in [0.5, 0.6) is 0 Å². The van der Waals surface area contributed by atoms with E-state index in [1.54, 1.807) is 26.3 Å². The predicted molar refractivity (Wildman–Crippen MR) is 124 cm³/mol. The molecule has 2 aliphatic heterocycles. The first-order valence-electron chi connectivity index (χ1n) is 9.91. The Kier molecular flexibility index (Phi) is 9.93. The van der Waals surface area contributed by atoms with Gasteiger partial charge in [0.1, 0.15) is 5.04 Å². The van der Waals surface area contributed by atoms with Crippen molar-refractivity contribution in [2.45, 2.75) is 26.3 Å². The van der Waals surface area contributed by atoms with E-state index in [9.17, 15) is 14.7 Å². The van der Waals surface area contributed by atoms with Gasteiger partial charge in [-0.2, -0.15) is 11.8 Å². The maximum absolute atomic E-state index is 12.5. The lowest BCUT2D eigenvalue weighted by atomic mass is 10.0. The molecule has 1 fully saturated rings. The molecule has 2 unspecified atom stereocenters. The van der Waals surface area contributed by atoms with Gasteiger partial charge in [-0.25, -0.2) is 4.79 Å². The van der Waals surface area contributed by atoms with Gasteiger partial charge < -0.3 is 15.2 Å². The molecule has 8 nitrogen and oxygen atoms in total. The van der Waals surface area contributed by atoms with Gasteiger partial charge in [0.15, 0.2) is 5.84 Å². The lowest BCUT2D eigenvalue weighted by molar-refractivity contribution is -0.141. The number of rotatable bonds is 9. The van der Waals surface area contributed by atoms with Crippen molar-refractivity contribution in [2.24, 2.45) is 15.9 Å². The van der Waals surface area contributed by atoms with Gasteiger partial charge in [0.2, 0.25) is 0 Å². The van der Waals surface area contributed by atoms with Crippen LogP contribution in [0.15, 0.2) is 33.2 Å². The van der Waals surface area contributed by atoms with Gasteiger partial charge in [0.25, 0.3) is 0 Å². The van der Waals surface area contributed by atoms with Crippen molar-refractivity contribution in [3.63, 3.8) is 0 Å². The Balaban J connectivity index is 2.25. The molecule has 0 radical (unpaired) electrons. The zero-order valence-electron chi connectivity index (χ0n) is 17.7. The van der Waals surface area contributed by atoms with Crippen molar-refractivity contribution in [2.75, 3.05) is 44.8 Å². The molecule has 1 saturated heterocycles. The number of nitrogens with one attached hydrogen (secondary N) is 1. The van der Waals surface area contributed by atoms with E-state index in [4.69, 9.17) is 4.74 Å². The molecule has 2 heterocycles.